The number of hydrogen-bond acceptors (Lipinski definition) is 4. The van der Waals surface area contributed by atoms with Crippen LogP contribution in [-0.4, -0.2) is 29.0 Å². The molecule has 1 amide bonds. The van der Waals surface area contributed by atoms with Crippen LogP contribution in [0.25, 0.3) is 0 Å². The highest BCUT2D eigenvalue weighted by Gasteiger charge is 2.15. The molecule has 1 aromatic heterocycles. The normalized spacial score (nSPS) is 15.0. The fourth-order valence-electron chi connectivity index (χ4n) is 2.69. The van der Waals surface area contributed by atoms with Crippen LogP contribution in [0.4, 0.5) is 20.4 Å². The van der Waals surface area contributed by atoms with Gasteiger partial charge in [0, 0.05) is 13.1 Å². The van der Waals surface area contributed by atoms with Gasteiger partial charge in [-0.3, -0.25) is 4.79 Å². The fourth-order valence-corrected chi connectivity index (χ4v) is 2.69. The van der Waals surface area contributed by atoms with E-state index in [4.69, 9.17) is 0 Å². The number of hydrogen-bond donors (Lipinski definition) is 1. The van der Waals surface area contributed by atoms with Crippen molar-refractivity contribution in [1.29, 1.82) is 0 Å². The molecule has 0 spiro atoms. The highest BCUT2D eigenvalue weighted by Crippen LogP contribution is 2.17. The molecule has 2 heterocycles. The van der Waals surface area contributed by atoms with Crippen LogP contribution < -0.4 is 10.2 Å². The van der Waals surface area contributed by atoms with E-state index in [1.807, 2.05) is 0 Å². The summed E-state index contributed by atoms with van der Waals surface area (Å²) in [6.07, 6.45) is 7.60. The SMILES string of the molecule is O=C(Nc1cnc(N2CCCCCC2)nc1)c1cc(F)ccc1F. The number of anilines is 2. The molecule has 0 atom stereocenters. The summed E-state index contributed by atoms with van der Waals surface area (Å²) in [5.41, 5.74) is -0.0196. The van der Waals surface area contributed by atoms with Crippen molar-refractivity contribution in [3.8, 4) is 0 Å². The van der Waals surface area contributed by atoms with Crippen LogP contribution in [-0.2, 0) is 0 Å². The van der Waals surface area contributed by atoms with Crippen molar-refractivity contribution in [3.05, 3.63) is 47.8 Å². The van der Waals surface area contributed by atoms with E-state index in [2.05, 4.69) is 20.2 Å². The Balaban J connectivity index is 1.69. The maximum atomic E-state index is 13.6. The minimum Gasteiger partial charge on any atom is -0.341 e. The lowest BCUT2D eigenvalue weighted by atomic mass is 10.2. The van der Waals surface area contributed by atoms with Crippen LogP contribution in [0.15, 0.2) is 30.6 Å². The van der Waals surface area contributed by atoms with Crippen LogP contribution in [0.3, 0.4) is 0 Å². The molecule has 0 bridgehead atoms. The summed E-state index contributed by atoms with van der Waals surface area (Å²) in [6, 6.07) is 2.74. The van der Waals surface area contributed by atoms with Crippen LogP contribution in [0, 0.1) is 11.6 Å². The van der Waals surface area contributed by atoms with Crippen LogP contribution >= 0.6 is 0 Å². The van der Waals surface area contributed by atoms with Crippen LogP contribution in [0.1, 0.15) is 36.0 Å². The third kappa shape index (κ3) is 3.84. The Morgan fingerprint density at radius 2 is 1.71 bits per heavy atom. The number of carbonyl (C=O) groups is 1. The first kappa shape index (κ1) is 16.3. The largest absolute Gasteiger partial charge is 0.341 e. The Morgan fingerprint density at radius 3 is 2.38 bits per heavy atom. The first-order chi connectivity index (χ1) is 11.6. The predicted molar refractivity (Wildman–Crippen MR) is 87.0 cm³/mol. The molecule has 24 heavy (non-hydrogen) atoms. The molecular formula is C17H18F2N4O. The maximum absolute atomic E-state index is 13.6. The summed E-state index contributed by atoms with van der Waals surface area (Å²) in [5, 5.41) is 2.48. The van der Waals surface area contributed by atoms with Crippen molar-refractivity contribution in [2.24, 2.45) is 0 Å². The van der Waals surface area contributed by atoms with Crippen molar-refractivity contribution < 1.29 is 13.6 Å². The van der Waals surface area contributed by atoms with E-state index in [0.717, 1.165) is 44.1 Å². The van der Waals surface area contributed by atoms with Crippen molar-refractivity contribution in [3.63, 3.8) is 0 Å². The quantitative estimate of drug-likeness (QED) is 0.936. The van der Waals surface area contributed by atoms with Gasteiger partial charge >= 0.3 is 0 Å². The highest BCUT2D eigenvalue weighted by atomic mass is 19.1. The number of nitrogens with one attached hydrogen (secondary N) is 1. The van der Waals surface area contributed by atoms with Gasteiger partial charge in [0.05, 0.1) is 23.6 Å². The van der Waals surface area contributed by atoms with Gasteiger partial charge in [0.2, 0.25) is 5.95 Å². The minimum absolute atomic E-state index is 0.335. The lowest BCUT2D eigenvalue weighted by Gasteiger charge is -2.19. The molecule has 1 aliphatic rings. The summed E-state index contributed by atoms with van der Waals surface area (Å²) < 4.78 is 26.8. The van der Waals surface area contributed by atoms with Gasteiger partial charge in [-0.15, -0.1) is 0 Å². The van der Waals surface area contributed by atoms with Crippen molar-refractivity contribution in [2.75, 3.05) is 23.3 Å². The van der Waals surface area contributed by atoms with Gasteiger partial charge in [-0.1, -0.05) is 12.8 Å². The van der Waals surface area contributed by atoms with Crippen molar-refractivity contribution in [2.45, 2.75) is 25.7 Å². The molecule has 1 aromatic carbocycles. The van der Waals surface area contributed by atoms with E-state index >= 15 is 0 Å². The second-order valence-corrected chi connectivity index (χ2v) is 5.75. The van der Waals surface area contributed by atoms with Gasteiger partial charge in [-0.2, -0.15) is 0 Å². The maximum Gasteiger partial charge on any atom is 0.258 e. The molecule has 1 N–H and O–H groups in total. The summed E-state index contributed by atoms with van der Waals surface area (Å²) in [5.74, 6) is -1.57. The molecule has 3 rings (SSSR count). The van der Waals surface area contributed by atoms with Crippen LogP contribution in [0.5, 0.6) is 0 Å². The highest BCUT2D eigenvalue weighted by molar-refractivity contribution is 6.04. The van der Waals surface area contributed by atoms with Gasteiger partial charge in [0.1, 0.15) is 11.6 Å². The molecule has 126 valence electrons. The van der Waals surface area contributed by atoms with Gasteiger partial charge in [-0.25, -0.2) is 18.7 Å². The van der Waals surface area contributed by atoms with E-state index < -0.39 is 17.5 Å². The lowest BCUT2D eigenvalue weighted by Crippen LogP contribution is -2.26. The van der Waals surface area contributed by atoms with E-state index in [0.29, 0.717) is 11.6 Å². The Kier molecular flexibility index (Phi) is 4.98. The smallest absolute Gasteiger partial charge is 0.258 e. The molecule has 0 radical (unpaired) electrons. The Hall–Kier alpha value is -2.57. The number of amides is 1. The molecule has 5 nitrogen and oxygen atoms in total. The van der Waals surface area contributed by atoms with E-state index in [1.165, 1.54) is 25.2 Å². The molecule has 1 aliphatic heterocycles. The van der Waals surface area contributed by atoms with E-state index in [1.54, 1.807) is 0 Å². The molecule has 7 heteroatoms. The van der Waals surface area contributed by atoms with Gasteiger partial charge in [0.25, 0.3) is 5.91 Å². The second-order valence-electron chi connectivity index (χ2n) is 5.75. The molecule has 0 unspecified atom stereocenters. The number of aromatic nitrogens is 2. The van der Waals surface area contributed by atoms with Gasteiger partial charge < -0.3 is 10.2 Å². The Morgan fingerprint density at radius 1 is 1.04 bits per heavy atom. The third-order valence-electron chi connectivity index (χ3n) is 3.96. The average Bonchev–Trinajstić information content (AvgIpc) is 2.87. The molecule has 1 saturated heterocycles. The van der Waals surface area contributed by atoms with Gasteiger partial charge in [0.15, 0.2) is 0 Å². The first-order valence-corrected chi connectivity index (χ1v) is 7.97. The first-order valence-electron chi connectivity index (χ1n) is 7.97. The van der Waals surface area contributed by atoms with Crippen molar-refractivity contribution in [1.82, 2.24) is 9.97 Å². The predicted octanol–water partition coefficient (Wildman–Crippen LogP) is 3.39. The summed E-state index contributed by atoms with van der Waals surface area (Å²) in [4.78, 5) is 22.7. The van der Waals surface area contributed by atoms with Crippen molar-refractivity contribution >= 4 is 17.5 Å². The number of nitrogens with zero attached hydrogens (tertiary/aromatic N) is 3. The summed E-state index contributed by atoms with van der Waals surface area (Å²) in [6.45, 7) is 1.83. The number of carbonyl (C=O) groups excluding carboxylic acids is 1. The molecule has 0 saturated carbocycles. The summed E-state index contributed by atoms with van der Waals surface area (Å²) in [7, 11) is 0. The second kappa shape index (κ2) is 7.33. The molecule has 0 aliphatic carbocycles. The number of rotatable bonds is 3. The molecule has 2 aromatic rings. The fraction of sp³-hybridized carbons (Fsp3) is 0.353. The Labute approximate surface area is 138 Å². The monoisotopic (exact) mass is 332 g/mol. The molecular weight excluding hydrogens is 314 g/mol. The van der Waals surface area contributed by atoms with E-state index in [9.17, 15) is 13.6 Å². The zero-order valence-corrected chi connectivity index (χ0v) is 13.1. The lowest BCUT2D eigenvalue weighted by molar-refractivity contribution is 0.102. The zero-order valence-electron chi connectivity index (χ0n) is 13.1. The molecule has 1 fully saturated rings. The number of halogens is 2. The standard InChI is InChI=1S/C17H18F2N4O/c18-12-5-6-15(19)14(9-12)16(24)22-13-10-20-17(21-11-13)23-7-3-1-2-4-8-23/h5-6,9-11H,1-4,7-8H2,(H,22,24). The number of benzene rings is 1. The minimum atomic E-state index is -0.781. The zero-order chi connectivity index (χ0) is 16.9. The van der Waals surface area contributed by atoms with Gasteiger partial charge in [-0.05, 0) is 31.0 Å². The van der Waals surface area contributed by atoms with E-state index in [-0.39, 0.29) is 5.56 Å². The Bertz CT molecular complexity index is 713. The average molecular weight is 332 g/mol. The topological polar surface area (TPSA) is 58.1 Å². The third-order valence-corrected chi connectivity index (χ3v) is 3.96. The van der Waals surface area contributed by atoms with Crippen LogP contribution in [0.2, 0.25) is 0 Å². The summed E-state index contributed by atoms with van der Waals surface area (Å²) >= 11 is 0.